The summed E-state index contributed by atoms with van der Waals surface area (Å²) >= 11 is 0. The van der Waals surface area contributed by atoms with Crippen molar-refractivity contribution in [3.05, 3.63) is 29.8 Å². The van der Waals surface area contributed by atoms with Gasteiger partial charge >= 0.3 is 6.09 Å². The zero-order valence-electron chi connectivity index (χ0n) is 16.1. The van der Waals surface area contributed by atoms with Crippen LogP contribution >= 0.6 is 0 Å². The lowest BCUT2D eigenvalue weighted by molar-refractivity contribution is 0.0284. The number of carbonyl (C=O) groups is 1. The van der Waals surface area contributed by atoms with Crippen molar-refractivity contribution in [3.63, 3.8) is 0 Å². The number of aliphatic hydroxyl groups is 1. The monoisotopic (exact) mass is 387 g/mol. The fourth-order valence-corrected chi connectivity index (χ4v) is 2.96. The summed E-state index contributed by atoms with van der Waals surface area (Å²) in [5.41, 5.74) is 0.376. The van der Waals surface area contributed by atoms with Gasteiger partial charge < -0.3 is 14.7 Å². The van der Waals surface area contributed by atoms with E-state index in [2.05, 4.69) is 0 Å². The Hall–Kier alpha value is -1.64. The van der Waals surface area contributed by atoms with Crippen LogP contribution in [0.15, 0.2) is 29.2 Å². The molecular weight excluding hydrogens is 358 g/mol. The van der Waals surface area contributed by atoms with E-state index in [-0.39, 0.29) is 11.5 Å². The van der Waals surface area contributed by atoms with Gasteiger partial charge in [0.1, 0.15) is 5.60 Å². The summed E-state index contributed by atoms with van der Waals surface area (Å²) in [6.45, 7) is 7.27. The largest absolute Gasteiger partial charge is 0.444 e. The Bertz CT molecular complexity index is 679. The molecule has 1 aromatic rings. The Morgan fingerprint density at radius 1 is 1.23 bits per heavy atom. The van der Waals surface area contributed by atoms with Crippen LogP contribution in [0, 0.1) is 6.92 Å². The molecule has 148 valence electrons. The molecule has 0 spiro atoms. The van der Waals surface area contributed by atoms with Crippen molar-refractivity contribution in [2.75, 3.05) is 20.2 Å². The molecule has 0 aromatic heterocycles. The summed E-state index contributed by atoms with van der Waals surface area (Å²) in [5.74, 6) is 0. The number of ether oxygens (including phenoxy) is 1. The highest BCUT2D eigenvalue weighted by Crippen LogP contribution is 2.14. The molecule has 0 radical (unpaired) electrons. The van der Waals surface area contributed by atoms with Gasteiger partial charge in [-0.1, -0.05) is 17.7 Å². The summed E-state index contributed by atoms with van der Waals surface area (Å²) in [5, 5.41) is 9.92. The van der Waals surface area contributed by atoms with E-state index >= 15 is 0 Å². The first kappa shape index (κ1) is 22.4. The van der Waals surface area contributed by atoms with Gasteiger partial charge in [-0.05, 0) is 52.7 Å². The molecule has 1 rings (SSSR count). The molecule has 7 nitrogen and oxygen atoms in total. The zero-order chi connectivity index (χ0) is 20.0. The first-order valence-electron chi connectivity index (χ1n) is 8.49. The highest BCUT2D eigenvalue weighted by molar-refractivity contribution is 7.86. The number of aryl methyl sites for hydroxylation is 1. The molecule has 0 heterocycles. The van der Waals surface area contributed by atoms with E-state index < -0.39 is 27.9 Å². The van der Waals surface area contributed by atoms with Crippen LogP contribution in [-0.2, 0) is 19.0 Å². The lowest BCUT2D eigenvalue weighted by Crippen LogP contribution is -2.35. The smallest absolute Gasteiger partial charge is 0.410 e. The molecular formula is C18H29NO6S. The minimum atomic E-state index is -3.89. The van der Waals surface area contributed by atoms with Gasteiger partial charge in [0, 0.05) is 13.6 Å². The van der Waals surface area contributed by atoms with Crippen molar-refractivity contribution in [3.8, 4) is 0 Å². The quantitative estimate of drug-likeness (QED) is 0.690. The van der Waals surface area contributed by atoms with Gasteiger partial charge in [-0.2, -0.15) is 8.42 Å². The number of rotatable bonds is 8. The molecule has 0 unspecified atom stereocenters. The number of carbonyl (C=O) groups excluding carboxylic acids is 1. The van der Waals surface area contributed by atoms with E-state index in [0.29, 0.717) is 19.4 Å². The van der Waals surface area contributed by atoms with Crippen molar-refractivity contribution in [1.29, 1.82) is 0 Å². The molecule has 0 fully saturated rings. The van der Waals surface area contributed by atoms with E-state index in [1.807, 2.05) is 6.92 Å². The molecule has 0 aliphatic rings. The standard InChI is InChI=1S/C18H29NO6S/c1-14-8-10-16(11-9-14)26(22,23)24-13-15(20)7-6-12-19(5)17(21)25-18(2,3)4/h8-11,15,20H,6-7,12-13H2,1-5H3/t15-/m0/s1. The van der Waals surface area contributed by atoms with Crippen LogP contribution < -0.4 is 0 Å². The number of hydrogen-bond donors (Lipinski definition) is 1. The summed E-state index contributed by atoms with van der Waals surface area (Å²) in [6.07, 6.45) is -0.589. The highest BCUT2D eigenvalue weighted by atomic mass is 32.2. The predicted molar refractivity (Wildman–Crippen MR) is 98.4 cm³/mol. The zero-order valence-corrected chi connectivity index (χ0v) is 16.9. The lowest BCUT2D eigenvalue weighted by Gasteiger charge is -2.24. The minimum absolute atomic E-state index is 0.0555. The van der Waals surface area contributed by atoms with Crippen LogP contribution in [0.4, 0.5) is 4.79 Å². The van der Waals surface area contributed by atoms with Crippen LogP contribution in [0.3, 0.4) is 0 Å². The molecule has 26 heavy (non-hydrogen) atoms. The van der Waals surface area contributed by atoms with Crippen molar-refractivity contribution in [1.82, 2.24) is 4.90 Å². The molecule has 8 heteroatoms. The maximum Gasteiger partial charge on any atom is 0.410 e. The number of amides is 1. The molecule has 0 bridgehead atoms. The molecule has 0 aliphatic heterocycles. The SMILES string of the molecule is Cc1ccc(S(=O)(=O)OC[C@@H](O)CCCN(C)C(=O)OC(C)(C)C)cc1. The Balaban J connectivity index is 2.37. The average molecular weight is 387 g/mol. The average Bonchev–Trinajstić information content (AvgIpc) is 2.51. The van der Waals surface area contributed by atoms with Gasteiger partial charge in [0.25, 0.3) is 10.1 Å². The van der Waals surface area contributed by atoms with E-state index in [1.54, 1.807) is 40.0 Å². The molecule has 1 aromatic carbocycles. The first-order valence-corrected chi connectivity index (χ1v) is 9.90. The first-order chi connectivity index (χ1) is 11.9. The Labute approximate surface area is 156 Å². The molecule has 0 saturated carbocycles. The Morgan fingerprint density at radius 2 is 1.81 bits per heavy atom. The summed E-state index contributed by atoms with van der Waals surface area (Å²) in [7, 11) is -2.28. The molecule has 1 amide bonds. The van der Waals surface area contributed by atoms with Gasteiger partial charge in [0.2, 0.25) is 0 Å². The van der Waals surface area contributed by atoms with Gasteiger partial charge in [0.15, 0.2) is 0 Å². The van der Waals surface area contributed by atoms with Gasteiger partial charge in [-0.15, -0.1) is 0 Å². The lowest BCUT2D eigenvalue weighted by atomic mass is 10.2. The van der Waals surface area contributed by atoms with Gasteiger partial charge in [-0.25, -0.2) is 4.79 Å². The third kappa shape index (κ3) is 8.16. The minimum Gasteiger partial charge on any atom is -0.444 e. The maximum absolute atomic E-state index is 12.0. The van der Waals surface area contributed by atoms with E-state index in [0.717, 1.165) is 5.56 Å². The second-order valence-electron chi connectivity index (χ2n) is 7.25. The van der Waals surface area contributed by atoms with Crippen molar-refractivity contribution < 1.29 is 27.2 Å². The van der Waals surface area contributed by atoms with Crippen LogP contribution in [0.5, 0.6) is 0 Å². The van der Waals surface area contributed by atoms with Crippen molar-refractivity contribution in [2.24, 2.45) is 0 Å². The van der Waals surface area contributed by atoms with Gasteiger partial charge in [0.05, 0.1) is 17.6 Å². The van der Waals surface area contributed by atoms with Crippen LogP contribution in [0.1, 0.15) is 39.2 Å². The highest BCUT2D eigenvalue weighted by Gasteiger charge is 2.20. The normalized spacial score (nSPS) is 13.3. The fraction of sp³-hybridized carbons (Fsp3) is 0.611. The predicted octanol–water partition coefficient (Wildman–Crippen LogP) is 2.71. The topological polar surface area (TPSA) is 93.1 Å². The van der Waals surface area contributed by atoms with Crippen molar-refractivity contribution in [2.45, 2.75) is 57.1 Å². The second-order valence-corrected chi connectivity index (χ2v) is 8.86. The van der Waals surface area contributed by atoms with Crippen LogP contribution in [0.2, 0.25) is 0 Å². The number of benzene rings is 1. The maximum atomic E-state index is 12.0. The fourth-order valence-electron chi connectivity index (χ4n) is 2.02. The molecule has 1 N–H and O–H groups in total. The van der Waals surface area contributed by atoms with E-state index in [4.69, 9.17) is 8.92 Å². The third-order valence-corrected chi connectivity index (χ3v) is 4.76. The van der Waals surface area contributed by atoms with Crippen LogP contribution in [0.25, 0.3) is 0 Å². The number of nitrogens with zero attached hydrogens (tertiary/aromatic N) is 1. The van der Waals surface area contributed by atoms with E-state index in [1.165, 1.54) is 17.0 Å². The molecule has 0 saturated heterocycles. The second kappa shape index (κ2) is 9.34. The van der Waals surface area contributed by atoms with Crippen molar-refractivity contribution >= 4 is 16.2 Å². The Morgan fingerprint density at radius 3 is 2.35 bits per heavy atom. The third-order valence-electron chi connectivity index (χ3n) is 3.46. The molecule has 0 aliphatic carbocycles. The van der Waals surface area contributed by atoms with Crippen LogP contribution in [-0.4, -0.2) is 56.4 Å². The molecule has 1 atom stereocenters. The van der Waals surface area contributed by atoms with E-state index in [9.17, 15) is 18.3 Å². The summed E-state index contributed by atoms with van der Waals surface area (Å²) in [4.78, 5) is 13.3. The Kier molecular flexibility index (Phi) is 8.05. The van der Waals surface area contributed by atoms with Gasteiger partial charge in [-0.3, -0.25) is 4.18 Å². The number of aliphatic hydroxyl groups excluding tert-OH is 1. The summed E-state index contributed by atoms with van der Waals surface area (Å²) < 4.78 is 34.2. The summed E-state index contributed by atoms with van der Waals surface area (Å²) in [6, 6.07) is 6.29. The number of hydrogen-bond acceptors (Lipinski definition) is 6.